The van der Waals surface area contributed by atoms with Crippen molar-refractivity contribution in [2.45, 2.75) is 53.4 Å². The normalized spacial score (nSPS) is 12.1. The van der Waals surface area contributed by atoms with Crippen LogP contribution < -0.4 is 4.57 Å². The number of para-hydroxylation sites is 3. The number of hydrogen-bond donors (Lipinski definition) is 0. The predicted molar refractivity (Wildman–Crippen MR) is 153 cm³/mol. The number of benzene rings is 3. The fraction of sp³-hybridized carbons (Fsp3) is 0.273. The van der Waals surface area contributed by atoms with Crippen molar-refractivity contribution < 1.29 is 8.98 Å². The zero-order valence-electron chi connectivity index (χ0n) is 22.8. The van der Waals surface area contributed by atoms with Gasteiger partial charge in [0.2, 0.25) is 0 Å². The van der Waals surface area contributed by atoms with E-state index in [1.807, 2.05) is 12.3 Å². The average Bonchev–Trinajstić information content (AvgIpc) is 3.39. The highest BCUT2D eigenvalue weighted by Crippen LogP contribution is 2.41. The van der Waals surface area contributed by atoms with Gasteiger partial charge in [-0.25, -0.2) is 4.57 Å². The minimum Gasteiger partial charge on any atom is -0.455 e. The summed E-state index contributed by atoms with van der Waals surface area (Å²) in [5.74, 6) is 1.89. The second-order valence-corrected chi connectivity index (χ2v) is 10.8. The molecule has 6 aromatic rings. The molecule has 0 N–H and O–H groups in total. The lowest BCUT2D eigenvalue weighted by Gasteiger charge is -2.18. The predicted octanol–water partition coefficient (Wildman–Crippen LogP) is 8.28. The second kappa shape index (κ2) is 8.58. The summed E-state index contributed by atoms with van der Waals surface area (Å²) in [6, 6.07) is 21.9. The van der Waals surface area contributed by atoms with Gasteiger partial charge < -0.3 is 4.42 Å². The van der Waals surface area contributed by atoms with E-state index in [2.05, 4.69) is 117 Å². The standard InChI is InChI=1S/C33H34N3O/c1-19(2)23-11-10-12-24(20(3)4)31(23)36-27-14-9-8-13-26(27)35(7)33(36)29-21(5)15-16-25-30-22(6)34-18-17-28(30)37-32(25)29/h8-20H,1-7H3/q+1. The summed E-state index contributed by atoms with van der Waals surface area (Å²) >= 11 is 0. The molecule has 0 spiro atoms. The molecule has 0 bridgehead atoms. The van der Waals surface area contributed by atoms with Crippen molar-refractivity contribution in [1.29, 1.82) is 0 Å². The number of nitrogens with zero attached hydrogens (tertiary/aromatic N) is 3. The fourth-order valence-corrected chi connectivity index (χ4v) is 5.92. The Hall–Kier alpha value is -3.92. The van der Waals surface area contributed by atoms with Crippen LogP contribution in [-0.4, -0.2) is 9.55 Å². The summed E-state index contributed by atoms with van der Waals surface area (Å²) in [4.78, 5) is 4.56. The second-order valence-electron chi connectivity index (χ2n) is 10.8. The SMILES string of the molecule is Cc1ccc2c(oc3ccnc(C)c32)c1-c1n(-c2c(C(C)C)cccc2C(C)C)c2ccccc2[n+]1C. The third-order valence-corrected chi connectivity index (χ3v) is 7.75. The Bertz CT molecular complexity index is 1790. The molecule has 0 saturated heterocycles. The molecule has 0 aliphatic heterocycles. The number of hydrogen-bond acceptors (Lipinski definition) is 2. The largest absolute Gasteiger partial charge is 0.455 e. The van der Waals surface area contributed by atoms with Crippen molar-refractivity contribution in [1.82, 2.24) is 9.55 Å². The minimum atomic E-state index is 0.379. The molecule has 186 valence electrons. The van der Waals surface area contributed by atoms with E-state index in [1.54, 1.807) is 0 Å². The molecule has 4 heteroatoms. The number of aromatic nitrogens is 3. The molecule has 37 heavy (non-hydrogen) atoms. The van der Waals surface area contributed by atoms with Gasteiger partial charge in [0.25, 0.3) is 5.82 Å². The Morgan fingerprint density at radius 3 is 2.24 bits per heavy atom. The molecule has 0 saturated carbocycles. The van der Waals surface area contributed by atoms with Gasteiger partial charge in [-0.05, 0) is 49.4 Å². The Labute approximate surface area is 218 Å². The highest BCUT2D eigenvalue weighted by Gasteiger charge is 2.33. The maximum absolute atomic E-state index is 6.63. The number of imidazole rings is 1. The number of fused-ring (bicyclic) bond motifs is 4. The molecule has 0 aliphatic carbocycles. The summed E-state index contributed by atoms with van der Waals surface area (Å²) in [5.41, 5.74) is 11.5. The molecular weight excluding hydrogens is 454 g/mol. The lowest BCUT2D eigenvalue weighted by atomic mass is 9.92. The minimum absolute atomic E-state index is 0.379. The Morgan fingerprint density at radius 2 is 1.54 bits per heavy atom. The third-order valence-electron chi connectivity index (χ3n) is 7.75. The van der Waals surface area contributed by atoms with Gasteiger partial charge in [-0.15, -0.1) is 0 Å². The van der Waals surface area contributed by atoms with Crippen molar-refractivity contribution in [2.24, 2.45) is 7.05 Å². The van der Waals surface area contributed by atoms with Crippen LogP contribution >= 0.6 is 0 Å². The van der Waals surface area contributed by atoms with E-state index in [4.69, 9.17) is 4.42 Å². The smallest absolute Gasteiger partial charge is 0.299 e. The number of furan rings is 1. The van der Waals surface area contributed by atoms with E-state index in [-0.39, 0.29) is 0 Å². The van der Waals surface area contributed by atoms with Crippen LogP contribution in [0.25, 0.3) is 50.0 Å². The van der Waals surface area contributed by atoms with E-state index in [0.29, 0.717) is 11.8 Å². The highest BCUT2D eigenvalue weighted by molar-refractivity contribution is 6.10. The van der Waals surface area contributed by atoms with Crippen molar-refractivity contribution in [3.8, 4) is 17.1 Å². The summed E-state index contributed by atoms with van der Waals surface area (Å²) < 4.78 is 11.4. The first-order chi connectivity index (χ1) is 17.8. The average molecular weight is 489 g/mol. The van der Waals surface area contributed by atoms with Crippen LogP contribution in [0, 0.1) is 13.8 Å². The van der Waals surface area contributed by atoms with Crippen LogP contribution in [0.1, 0.15) is 61.9 Å². The van der Waals surface area contributed by atoms with Gasteiger partial charge >= 0.3 is 0 Å². The van der Waals surface area contributed by atoms with Gasteiger partial charge in [0.1, 0.15) is 16.8 Å². The first-order valence-electron chi connectivity index (χ1n) is 13.2. The fourth-order valence-electron chi connectivity index (χ4n) is 5.92. The monoisotopic (exact) mass is 488 g/mol. The van der Waals surface area contributed by atoms with E-state index >= 15 is 0 Å². The van der Waals surface area contributed by atoms with Gasteiger partial charge in [-0.3, -0.25) is 4.98 Å². The first-order valence-corrected chi connectivity index (χ1v) is 13.2. The molecule has 6 rings (SSSR count). The van der Waals surface area contributed by atoms with Gasteiger partial charge in [-0.2, -0.15) is 4.57 Å². The lowest BCUT2D eigenvalue weighted by Crippen LogP contribution is -2.30. The molecule has 0 aliphatic rings. The quantitative estimate of drug-likeness (QED) is 0.234. The van der Waals surface area contributed by atoms with Crippen LogP contribution in [0.3, 0.4) is 0 Å². The van der Waals surface area contributed by atoms with Crippen molar-refractivity contribution in [2.75, 3.05) is 0 Å². The zero-order valence-corrected chi connectivity index (χ0v) is 22.8. The van der Waals surface area contributed by atoms with Gasteiger partial charge in [0, 0.05) is 33.8 Å². The molecule has 0 amide bonds. The number of pyridine rings is 1. The van der Waals surface area contributed by atoms with Crippen LogP contribution in [0.4, 0.5) is 0 Å². The molecule has 3 aromatic carbocycles. The van der Waals surface area contributed by atoms with Crippen LogP contribution in [0.2, 0.25) is 0 Å². The Balaban J connectivity index is 1.84. The summed E-state index contributed by atoms with van der Waals surface area (Å²) in [5, 5.41) is 2.20. The first kappa shape index (κ1) is 23.5. The van der Waals surface area contributed by atoms with Gasteiger partial charge in [0.05, 0.1) is 7.05 Å². The number of aryl methyl sites for hydroxylation is 3. The molecule has 0 atom stereocenters. The summed E-state index contributed by atoms with van der Waals surface area (Å²) in [7, 11) is 2.18. The molecule has 0 fully saturated rings. The van der Waals surface area contributed by atoms with Crippen molar-refractivity contribution in [3.05, 3.63) is 89.2 Å². The highest BCUT2D eigenvalue weighted by atomic mass is 16.3. The van der Waals surface area contributed by atoms with E-state index in [9.17, 15) is 0 Å². The van der Waals surface area contributed by atoms with Crippen molar-refractivity contribution in [3.63, 3.8) is 0 Å². The van der Waals surface area contributed by atoms with E-state index < -0.39 is 0 Å². The Kier molecular flexibility index (Phi) is 5.45. The topological polar surface area (TPSA) is 34.8 Å². The maximum Gasteiger partial charge on any atom is 0.299 e. The van der Waals surface area contributed by atoms with E-state index in [1.165, 1.54) is 33.4 Å². The van der Waals surface area contributed by atoms with Crippen LogP contribution in [0.15, 0.2) is 71.3 Å². The molecule has 3 aromatic heterocycles. The number of rotatable bonds is 4. The lowest BCUT2D eigenvalue weighted by molar-refractivity contribution is -0.633. The van der Waals surface area contributed by atoms with Crippen LogP contribution in [0.5, 0.6) is 0 Å². The third kappa shape index (κ3) is 3.42. The zero-order chi connectivity index (χ0) is 26.0. The molecule has 3 heterocycles. The molecular formula is C33H34N3O+. The Morgan fingerprint density at radius 1 is 0.838 bits per heavy atom. The molecule has 4 nitrogen and oxygen atoms in total. The maximum atomic E-state index is 6.63. The van der Waals surface area contributed by atoms with Gasteiger partial charge in [0.15, 0.2) is 16.6 Å². The summed E-state index contributed by atoms with van der Waals surface area (Å²) in [6.45, 7) is 13.4. The van der Waals surface area contributed by atoms with Crippen molar-refractivity contribution >= 4 is 33.0 Å². The van der Waals surface area contributed by atoms with Gasteiger partial charge in [-0.1, -0.05) is 70.2 Å². The van der Waals surface area contributed by atoms with Crippen LogP contribution in [-0.2, 0) is 7.05 Å². The molecule has 0 unspecified atom stereocenters. The van der Waals surface area contributed by atoms with E-state index in [0.717, 1.165) is 39.0 Å². The summed E-state index contributed by atoms with van der Waals surface area (Å²) in [6.07, 6.45) is 1.83. The molecule has 0 radical (unpaired) electrons.